The molecule has 7 nitrogen and oxygen atoms in total. The van der Waals surface area contributed by atoms with Gasteiger partial charge in [-0.15, -0.1) is 0 Å². The molecule has 1 aromatic carbocycles. The topological polar surface area (TPSA) is 124 Å². The number of primary amides is 1. The van der Waals surface area contributed by atoms with E-state index in [2.05, 4.69) is 9.97 Å². The van der Waals surface area contributed by atoms with Crippen LogP contribution in [0.5, 0.6) is 5.88 Å². The number of aromatic nitrogens is 2. The predicted molar refractivity (Wildman–Crippen MR) is 98.3 cm³/mol. The Morgan fingerprint density at radius 1 is 1.32 bits per heavy atom. The molecule has 0 spiro atoms. The Hall–Kier alpha value is -3.35. The number of nitrogens with two attached hydrogens (primary N) is 2. The van der Waals surface area contributed by atoms with Gasteiger partial charge in [-0.25, -0.2) is 9.97 Å². The molecule has 1 amide bonds. The molecule has 0 atom stereocenters. The van der Waals surface area contributed by atoms with Crippen molar-refractivity contribution in [3.8, 4) is 5.88 Å². The maximum absolute atomic E-state index is 11.7. The van der Waals surface area contributed by atoms with Crippen LogP contribution >= 0.6 is 0 Å². The second-order valence-electron chi connectivity index (χ2n) is 5.23. The third kappa shape index (κ3) is 3.77. The Kier molecular flexibility index (Phi) is 5.38. The zero-order valence-electron chi connectivity index (χ0n) is 14.3. The van der Waals surface area contributed by atoms with Crippen molar-refractivity contribution >= 4 is 28.7 Å². The van der Waals surface area contributed by atoms with E-state index in [-0.39, 0.29) is 17.0 Å². The first-order chi connectivity index (χ1) is 11.9. The number of aliphatic hydroxyl groups excluding tert-OH is 1. The molecule has 1 heterocycles. The number of benzene rings is 1. The highest BCUT2D eigenvalue weighted by Gasteiger charge is 2.16. The maximum atomic E-state index is 11.7. The molecular formula is C18H20N4O3. The molecule has 0 aliphatic rings. The number of aliphatic hydroxyl groups is 1. The lowest BCUT2D eigenvalue weighted by atomic mass is 10.0. The van der Waals surface area contributed by atoms with Crippen molar-refractivity contribution in [1.29, 1.82) is 0 Å². The van der Waals surface area contributed by atoms with Crippen molar-refractivity contribution in [3.05, 3.63) is 53.0 Å². The lowest BCUT2D eigenvalue weighted by molar-refractivity contribution is 0.100. The van der Waals surface area contributed by atoms with E-state index < -0.39 is 5.91 Å². The van der Waals surface area contributed by atoms with E-state index >= 15 is 0 Å². The molecule has 0 fully saturated rings. The average Bonchev–Trinajstić information content (AvgIpc) is 2.59. The molecule has 7 heteroatoms. The van der Waals surface area contributed by atoms with Crippen LogP contribution in [0.2, 0.25) is 0 Å². The van der Waals surface area contributed by atoms with E-state index in [0.717, 1.165) is 0 Å². The number of carbonyl (C=O) groups is 1. The standard InChI is InChI=1S/C18H20N4O3/c1-4-11(23)7-5-6-8-12-15(19)13(17(20)24)9-14-16(12)21-10(2)18(22-14)25-3/h4-9,23H,19H2,1-3H3,(H2,20,24)/b7-5-,8-6+,11-4-. The summed E-state index contributed by atoms with van der Waals surface area (Å²) in [4.78, 5) is 20.5. The minimum Gasteiger partial charge on any atom is -0.508 e. The molecule has 0 aliphatic carbocycles. The number of anilines is 1. The molecule has 2 rings (SSSR count). The van der Waals surface area contributed by atoms with Crippen LogP contribution in [0, 0.1) is 6.92 Å². The van der Waals surface area contributed by atoms with Crippen molar-refractivity contribution in [2.45, 2.75) is 13.8 Å². The van der Waals surface area contributed by atoms with Crippen molar-refractivity contribution in [2.24, 2.45) is 5.73 Å². The van der Waals surface area contributed by atoms with Gasteiger partial charge < -0.3 is 21.3 Å². The smallest absolute Gasteiger partial charge is 0.250 e. The normalized spacial score (nSPS) is 12.4. The third-order valence-corrected chi connectivity index (χ3v) is 3.57. The SMILES string of the molecule is C/C=C(O)/C=C\C=C\c1c(N)c(C(N)=O)cc2nc(OC)c(C)nc12. The Morgan fingerprint density at radius 3 is 2.64 bits per heavy atom. The Bertz CT molecular complexity index is 914. The fourth-order valence-corrected chi connectivity index (χ4v) is 2.27. The number of fused-ring (bicyclic) bond motifs is 1. The zero-order chi connectivity index (χ0) is 18.6. The summed E-state index contributed by atoms with van der Waals surface area (Å²) in [5.74, 6) is -0.160. The van der Waals surface area contributed by atoms with Gasteiger partial charge in [0.25, 0.3) is 5.91 Å². The molecule has 0 radical (unpaired) electrons. The monoisotopic (exact) mass is 340 g/mol. The molecule has 1 aromatic heterocycles. The van der Waals surface area contributed by atoms with Crippen molar-refractivity contribution in [1.82, 2.24) is 9.97 Å². The molecule has 0 saturated heterocycles. The van der Waals surface area contributed by atoms with E-state index in [1.165, 1.54) is 19.3 Å². The summed E-state index contributed by atoms with van der Waals surface area (Å²) in [5.41, 5.74) is 14.0. The van der Waals surface area contributed by atoms with Crippen LogP contribution in [-0.4, -0.2) is 28.1 Å². The minimum absolute atomic E-state index is 0.133. The highest BCUT2D eigenvalue weighted by atomic mass is 16.5. The number of amides is 1. The van der Waals surface area contributed by atoms with Crippen LogP contribution in [0.25, 0.3) is 17.1 Å². The van der Waals surface area contributed by atoms with E-state index in [0.29, 0.717) is 28.2 Å². The predicted octanol–water partition coefficient (Wildman–Crippen LogP) is 2.66. The largest absolute Gasteiger partial charge is 0.508 e. The number of nitrogens with zero attached hydrogens (tertiary/aromatic N) is 2. The first-order valence-electron chi connectivity index (χ1n) is 7.53. The number of rotatable bonds is 5. The number of nitrogen functional groups attached to an aromatic ring is 1. The number of hydrogen-bond acceptors (Lipinski definition) is 6. The number of hydrogen-bond donors (Lipinski definition) is 3. The van der Waals surface area contributed by atoms with Gasteiger partial charge in [0.15, 0.2) is 0 Å². The Labute approximate surface area is 145 Å². The number of aryl methyl sites for hydroxylation is 1. The van der Waals surface area contributed by atoms with Crippen molar-refractivity contribution in [2.75, 3.05) is 12.8 Å². The zero-order valence-corrected chi connectivity index (χ0v) is 14.3. The quantitative estimate of drug-likeness (QED) is 0.436. The van der Waals surface area contributed by atoms with Gasteiger partial charge in [0, 0.05) is 5.56 Å². The minimum atomic E-state index is -0.655. The molecule has 2 aromatic rings. The van der Waals surface area contributed by atoms with E-state index in [4.69, 9.17) is 16.2 Å². The van der Waals surface area contributed by atoms with Gasteiger partial charge in [0.1, 0.15) is 11.5 Å². The van der Waals surface area contributed by atoms with Crippen molar-refractivity contribution in [3.63, 3.8) is 0 Å². The second-order valence-corrected chi connectivity index (χ2v) is 5.23. The highest BCUT2D eigenvalue weighted by Crippen LogP contribution is 2.29. The van der Waals surface area contributed by atoms with E-state index in [9.17, 15) is 9.90 Å². The van der Waals surface area contributed by atoms with Crippen LogP contribution in [-0.2, 0) is 0 Å². The molecule has 0 aliphatic heterocycles. The summed E-state index contributed by atoms with van der Waals surface area (Å²) in [7, 11) is 1.49. The third-order valence-electron chi connectivity index (χ3n) is 3.57. The second kappa shape index (κ2) is 7.48. The maximum Gasteiger partial charge on any atom is 0.250 e. The summed E-state index contributed by atoms with van der Waals surface area (Å²) in [6, 6.07) is 1.50. The fraction of sp³-hybridized carbons (Fsp3) is 0.167. The molecule has 25 heavy (non-hydrogen) atoms. The first-order valence-corrected chi connectivity index (χ1v) is 7.53. The van der Waals surface area contributed by atoms with Gasteiger partial charge in [0.2, 0.25) is 5.88 Å². The Morgan fingerprint density at radius 2 is 2.04 bits per heavy atom. The summed E-state index contributed by atoms with van der Waals surface area (Å²) >= 11 is 0. The van der Waals surface area contributed by atoms with Crippen molar-refractivity contribution < 1.29 is 14.6 Å². The van der Waals surface area contributed by atoms with E-state index in [1.54, 1.807) is 38.2 Å². The number of carbonyl (C=O) groups excluding carboxylic acids is 1. The summed E-state index contributed by atoms with van der Waals surface area (Å²) in [6.07, 6.45) is 8.08. The number of allylic oxidation sites excluding steroid dienone is 4. The van der Waals surface area contributed by atoms with Gasteiger partial charge in [-0.1, -0.05) is 18.2 Å². The molecule has 130 valence electrons. The van der Waals surface area contributed by atoms with Crippen LogP contribution in [0.4, 0.5) is 5.69 Å². The van der Waals surface area contributed by atoms with Gasteiger partial charge >= 0.3 is 0 Å². The van der Waals surface area contributed by atoms with Crippen LogP contribution in [0.3, 0.4) is 0 Å². The lowest BCUT2D eigenvalue weighted by Crippen LogP contribution is -2.15. The Balaban J connectivity index is 2.68. The van der Waals surface area contributed by atoms with Gasteiger partial charge in [0.05, 0.1) is 29.4 Å². The molecule has 0 bridgehead atoms. The summed E-state index contributed by atoms with van der Waals surface area (Å²) < 4.78 is 5.18. The lowest BCUT2D eigenvalue weighted by Gasteiger charge is -2.11. The average molecular weight is 340 g/mol. The molecule has 0 unspecified atom stereocenters. The summed E-state index contributed by atoms with van der Waals surface area (Å²) in [6.45, 7) is 3.48. The van der Waals surface area contributed by atoms with Crippen LogP contribution in [0.1, 0.15) is 28.5 Å². The summed E-state index contributed by atoms with van der Waals surface area (Å²) in [5, 5.41) is 9.41. The van der Waals surface area contributed by atoms with Gasteiger partial charge in [-0.05, 0) is 32.1 Å². The first kappa shape index (κ1) is 18.0. The molecule has 0 saturated carbocycles. The molecule has 5 N–H and O–H groups in total. The fourth-order valence-electron chi connectivity index (χ4n) is 2.27. The number of ether oxygens (including phenoxy) is 1. The number of methoxy groups -OCH3 is 1. The molecular weight excluding hydrogens is 320 g/mol. The van der Waals surface area contributed by atoms with Crippen LogP contribution in [0.15, 0.2) is 36.1 Å². The van der Waals surface area contributed by atoms with Gasteiger partial charge in [-0.2, -0.15) is 0 Å². The van der Waals surface area contributed by atoms with Gasteiger partial charge in [-0.3, -0.25) is 4.79 Å². The van der Waals surface area contributed by atoms with E-state index in [1.807, 2.05) is 0 Å². The van der Waals surface area contributed by atoms with Crippen LogP contribution < -0.4 is 16.2 Å². The highest BCUT2D eigenvalue weighted by molar-refractivity contribution is 6.05.